The maximum atomic E-state index is 5.28. The highest BCUT2D eigenvalue weighted by Gasteiger charge is 2.05. The maximum Gasteiger partial charge on any atom is 0.123 e. The molecule has 4 nitrogen and oxygen atoms in total. The van der Waals surface area contributed by atoms with Gasteiger partial charge in [-0.1, -0.05) is 18.2 Å². The molecule has 0 aliphatic carbocycles. The number of hydrogen-bond acceptors (Lipinski definition) is 4. The number of benzene rings is 1. The number of methoxy groups -OCH3 is 1. The van der Waals surface area contributed by atoms with Gasteiger partial charge in [0, 0.05) is 18.7 Å². The molecule has 16 heavy (non-hydrogen) atoms. The molecule has 0 aromatic heterocycles. The van der Waals surface area contributed by atoms with Gasteiger partial charge in [0.15, 0.2) is 0 Å². The maximum absolute atomic E-state index is 5.28. The summed E-state index contributed by atoms with van der Waals surface area (Å²) in [6.45, 7) is 3.44. The molecule has 1 aliphatic rings. The lowest BCUT2D eigenvalue weighted by Gasteiger charge is -2.09. The molecule has 1 heterocycles. The Balaban J connectivity index is 1.84. The number of nitrogens with one attached hydrogen (secondary N) is 2. The molecule has 0 fully saturated rings. The van der Waals surface area contributed by atoms with Crippen molar-refractivity contribution >= 4 is 5.84 Å². The molecule has 1 aromatic rings. The standard InChI is InChI=1S/C12H17N3O/c1-16-11-5-3-2-4-10(11)8-13-9-12-14-6-7-15-12/h2-5,13H,6-9H2,1H3,(H,14,15). The number of rotatable bonds is 5. The SMILES string of the molecule is COc1ccccc1CNCC1=NCCN1. The van der Waals surface area contributed by atoms with Crippen molar-refractivity contribution in [3.63, 3.8) is 0 Å². The number of nitrogens with zero attached hydrogens (tertiary/aromatic N) is 1. The first-order valence-electron chi connectivity index (χ1n) is 5.50. The van der Waals surface area contributed by atoms with E-state index >= 15 is 0 Å². The van der Waals surface area contributed by atoms with E-state index < -0.39 is 0 Å². The van der Waals surface area contributed by atoms with Crippen molar-refractivity contribution in [2.75, 3.05) is 26.7 Å². The van der Waals surface area contributed by atoms with Crippen molar-refractivity contribution in [1.82, 2.24) is 10.6 Å². The van der Waals surface area contributed by atoms with E-state index in [2.05, 4.69) is 21.7 Å². The van der Waals surface area contributed by atoms with E-state index in [0.29, 0.717) is 0 Å². The molecule has 1 aromatic carbocycles. The van der Waals surface area contributed by atoms with Crippen LogP contribution in [0.1, 0.15) is 5.56 Å². The molecule has 0 spiro atoms. The summed E-state index contributed by atoms with van der Waals surface area (Å²) in [6.07, 6.45) is 0. The summed E-state index contributed by atoms with van der Waals surface area (Å²) < 4.78 is 5.28. The fourth-order valence-corrected chi connectivity index (χ4v) is 1.73. The molecule has 0 atom stereocenters. The van der Waals surface area contributed by atoms with Crippen molar-refractivity contribution in [2.45, 2.75) is 6.54 Å². The summed E-state index contributed by atoms with van der Waals surface area (Å²) in [4.78, 5) is 4.32. The molecule has 0 radical (unpaired) electrons. The van der Waals surface area contributed by atoms with Crippen LogP contribution >= 0.6 is 0 Å². The fraction of sp³-hybridized carbons (Fsp3) is 0.417. The average molecular weight is 219 g/mol. The number of amidine groups is 1. The Morgan fingerprint density at radius 2 is 2.25 bits per heavy atom. The first kappa shape index (κ1) is 11.0. The quantitative estimate of drug-likeness (QED) is 0.769. The zero-order valence-corrected chi connectivity index (χ0v) is 9.49. The zero-order chi connectivity index (χ0) is 11.2. The molecule has 86 valence electrons. The van der Waals surface area contributed by atoms with Crippen LogP contribution in [0.2, 0.25) is 0 Å². The van der Waals surface area contributed by atoms with Crippen LogP contribution in [0.25, 0.3) is 0 Å². The van der Waals surface area contributed by atoms with Gasteiger partial charge in [-0.3, -0.25) is 4.99 Å². The summed E-state index contributed by atoms with van der Waals surface area (Å²) >= 11 is 0. The largest absolute Gasteiger partial charge is 0.496 e. The third-order valence-corrected chi connectivity index (χ3v) is 2.54. The van der Waals surface area contributed by atoms with Crippen LogP contribution in [0, 0.1) is 0 Å². The van der Waals surface area contributed by atoms with Crippen LogP contribution < -0.4 is 15.4 Å². The van der Waals surface area contributed by atoms with E-state index in [1.807, 2.05) is 18.2 Å². The van der Waals surface area contributed by atoms with Crippen LogP contribution in [0.3, 0.4) is 0 Å². The van der Waals surface area contributed by atoms with E-state index in [4.69, 9.17) is 4.74 Å². The Kier molecular flexibility index (Phi) is 3.77. The normalized spacial score (nSPS) is 14.4. The summed E-state index contributed by atoms with van der Waals surface area (Å²) in [5.74, 6) is 1.98. The first-order valence-corrected chi connectivity index (χ1v) is 5.50. The minimum absolute atomic E-state index is 0.790. The minimum Gasteiger partial charge on any atom is -0.496 e. The van der Waals surface area contributed by atoms with Crippen LogP contribution in [-0.2, 0) is 6.54 Å². The topological polar surface area (TPSA) is 45.6 Å². The van der Waals surface area contributed by atoms with Gasteiger partial charge in [-0.25, -0.2) is 0 Å². The highest BCUT2D eigenvalue weighted by atomic mass is 16.5. The van der Waals surface area contributed by atoms with Gasteiger partial charge in [-0.15, -0.1) is 0 Å². The Hall–Kier alpha value is -1.55. The van der Waals surface area contributed by atoms with Gasteiger partial charge >= 0.3 is 0 Å². The molecular formula is C12H17N3O. The Morgan fingerprint density at radius 3 is 3.00 bits per heavy atom. The lowest BCUT2D eigenvalue weighted by Crippen LogP contribution is -2.30. The van der Waals surface area contributed by atoms with Crippen molar-refractivity contribution in [2.24, 2.45) is 4.99 Å². The molecule has 0 saturated heterocycles. The number of ether oxygens (including phenoxy) is 1. The monoisotopic (exact) mass is 219 g/mol. The van der Waals surface area contributed by atoms with Crippen molar-refractivity contribution in [3.05, 3.63) is 29.8 Å². The number of aliphatic imine (C=N–C) groups is 1. The van der Waals surface area contributed by atoms with Gasteiger partial charge in [-0.05, 0) is 6.07 Å². The van der Waals surface area contributed by atoms with Gasteiger partial charge < -0.3 is 15.4 Å². The molecule has 2 rings (SSSR count). The summed E-state index contributed by atoms with van der Waals surface area (Å²) in [5, 5.41) is 6.57. The predicted octanol–water partition coefficient (Wildman–Crippen LogP) is 0.786. The second-order valence-corrected chi connectivity index (χ2v) is 3.67. The minimum atomic E-state index is 0.790. The Labute approximate surface area is 95.7 Å². The highest BCUT2D eigenvalue weighted by Crippen LogP contribution is 2.16. The van der Waals surface area contributed by atoms with Crippen LogP contribution in [-0.4, -0.2) is 32.6 Å². The third kappa shape index (κ3) is 2.73. The third-order valence-electron chi connectivity index (χ3n) is 2.54. The molecule has 0 amide bonds. The van der Waals surface area contributed by atoms with Crippen LogP contribution in [0.5, 0.6) is 5.75 Å². The second kappa shape index (κ2) is 5.51. The molecule has 0 saturated carbocycles. The molecule has 0 bridgehead atoms. The first-order chi connectivity index (χ1) is 7.90. The second-order valence-electron chi connectivity index (χ2n) is 3.67. The zero-order valence-electron chi connectivity index (χ0n) is 9.49. The molecule has 2 N–H and O–H groups in total. The van der Waals surface area contributed by atoms with E-state index in [1.165, 1.54) is 5.56 Å². The van der Waals surface area contributed by atoms with Gasteiger partial charge in [0.1, 0.15) is 11.6 Å². The Bertz CT molecular complexity index is 376. The average Bonchev–Trinajstić information content (AvgIpc) is 2.83. The van der Waals surface area contributed by atoms with E-state index in [0.717, 1.165) is 37.8 Å². The molecular weight excluding hydrogens is 202 g/mol. The molecule has 4 heteroatoms. The Morgan fingerprint density at radius 1 is 1.38 bits per heavy atom. The lowest BCUT2D eigenvalue weighted by atomic mass is 10.2. The summed E-state index contributed by atoms with van der Waals surface area (Å²) in [6, 6.07) is 8.04. The van der Waals surface area contributed by atoms with Gasteiger partial charge in [0.25, 0.3) is 0 Å². The van der Waals surface area contributed by atoms with Crippen molar-refractivity contribution in [1.29, 1.82) is 0 Å². The van der Waals surface area contributed by atoms with Crippen LogP contribution in [0.4, 0.5) is 0 Å². The molecule has 0 unspecified atom stereocenters. The van der Waals surface area contributed by atoms with E-state index in [9.17, 15) is 0 Å². The number of hydrogen-bond donors (Lipinski definition) is 2. The highest BCUT2D eigenvalue weighted by molar-refractivity contribution is 5.85. The predicted molar refractivity (Wildman–Crippen MR) is 65.0 cm³/mol. The van der Waals surface area contributed by atoms with Gasteiger partial charge in [0.05, 0.1) is 20.2 Å². The van der Waals surface area contributed by atoms with Crippen LogP contribution in [0.15, 0.2) is 29.3 Å². The van der Waals surface area contributed by atoms with E-state index in [1.54, 1.807) is 7.11 Å². The fourth-order valence-electron chi connectivity index (χ4n) is 1.73. The lowest BCUT2D eigenvalue weighted by molar-refractivity contribution is 0.408. The summed E-state index contributed by atoms with van der Waals surface area (Å²) in [5.41, 5.74) is 1.17. The van der Waals surface area contributed by atoms with E-state index in [-0.39, 0.29) is 0 Å². The van der Waals surface area contributed by atoms with Crippen molar-refractivity contribution in [3.8, 4) is 5.75 Å². The summed E-state index contributed by atoms with van der Waals surface area (Å²) in [7, 11) is 1.70. The van der Waals surface area contributed by atoms with Crippen molar-refractivity contribution < 1.29 is 4.74 Å². The van der Waals surface area contributed by atoms with Gasteiger partial charge in [-0.2, -0.15) is 0 Å². The van der Waals surface area contributed by atoms with Gasteiger partial charge in [0.2, 0.25) is 0 Å². The smallest absolute Gasteiger partial charge is 0.123 e. The molecule has 1 aliphatic heterocycles. The number of para-hydroxylation sites is 1.